The third-order valence-electron chi connectivity index (χ3n) is 4.40. The van der Waals surface area contributed by atoms with E-state index in [9.17, 15) is 9.59 Å². The molecule has 0 amide bonds. The number of carboxylic acid groups (broad SMARTS) is 1. The third kappa shape index (κ3) is 3.08. The molecule has 1 N–H and O–H groups in total. The average Bonchev–Trinajstić information content (AvgIpc) is 2.74. The molecule has 5 nitrogen and oxygen atoms in total. The molecule has 0 spiro atoms. The van der Waals surface area contributed by atoms with Gasteiger partial charge in [0.1, 0.15) is 0 Å². The Morgan fingerprint density at radius 2 is 2.19 bits per heavy atom. The zero-order valence-electron chi connectivity index (χ0n) is 12.6. The molecule has 21 heavy (non-hydrogen) atoms. The minimum Gasteiger partial charge on any atom is -0.478 e. The molecule has 1 aliphatic rings. The van der Waals surface area contributed by atoms with E-state index in [4.69, 9.17) is 9.84 Å². The van der Waals surface area contributed by atoms with Crippen molar-refractivity contribution in [3.63, 3.8) is 0 Å². The molecule has 0 radical (unpaired) electrons. The monoisotopic (exact) mass is 291 g/mol. The smallest absolute Gasteiger partial charge is 0.335 e. The molecule has 1 aliphatic heterocycles. The fourth-order valence-electron chi connectivity index (χ4n) is 2.95. The van der Waals surface area contributed by atoms with Gasteiger partial charge in [0.15, 0.2) is 0 Å². The lowest BCUT2D eigenvalue weighted by atomic mass is 9.81. The van der Waals surface area contributed by atoms with E-state index in [1.54, 1.807) is 18.2 Å². The predicted octanol–water partition coefficient (Wildman–Crippen LogP) is 2.02. The number of methoxy groups -OCH3 is 1. The Bertz CT molecular complexity index is 557. The van der Waals surface area contributed by atoms with Gasteiger partial charge in [-0.05, 0) is 30.5 Å². The summed E-state index contributed by atoms with van der Waals surface area (Å²) >= 11 is 0. The van der Waals surface area contributed by atoms with Crippen molar-refractivity contribution in [2.75, 3.05) is 20.2 Å². The molecular formula is C16H21NO4. The molecular weight excluding hydrogens is 270 g/mol. The maximum atomic E-state index is 12.0. The van der Waals surface area contributed by atoms with E-state index < -0.39 is 11.4 Å². The zero-order chi connectivity index (χ0) is 15.6. The van der Waals surface area contributed by atoms with Crippen LogP contribution in [0, 0.1) is 11.3 Å². The normalized spacial score (nSPS) is 25.8. The number of carbonyl (C=O) groups is 2. The minimum atomic E-state index is -0.925. The summed E-state index contributed by atoms with van der Waals surface area (Å²) in [6.07, 6.45) is 0. The molecule has 114 valence electrons. The van der Waals surface area contributed by atoms with E-state index in [1.807, 2.05) is 19.9 Å². The van der Waals surface area contributed by atoms with Crippen molar-refractivity contribution in [2.45, 2.75) is 20.4 Å². The summed E-state index contributed by atoms with van der Waals surface area (Å²) in [5.41, 5.74) is 0.728. The van der Waals surface area contributed by atoms with Gasteiger partial charge >= 0.3 is 11.9 Å². The van der Waals surface area contributed by atoms with Gasteiger partial charge in [0, 0.05) is 19.6 Å². The van der Waals surface area contributed by atoms with Crippen molar-refractivity contribution in [1.82, 2.24) is 4.90 Å². The van der Waals surface area contributed by atoms with Crippen LogP contribution in [-0.4, -0.2) is 42.1 Å². The van der Waals surface area contributed by atoms with Crippen molar-refractivity contribution in [3.8, 4) is 0 Å². The number of nitrogens with zero attached hydrogens (tertiary/aromatic N) is 1. The molecule has 5 heteroatoms. The number of carbonyl (C=O) groups excluding carboxylic acids is 1. The number of ether oxygens (including phenoxy) is 1. The van der Waals surface area contributed by atoms with Crippen LogP contribution in [-0.2, 0) is 16.1 Å². The van der Waals surface area contributed by atoms with Gasteiger partial charge in [-0.3, -0.25) is 9.69 Å². The fraction of sp³-hybridized carbons (Fsp3) is 0.500. The van der Waals surface area contributed by atoms with E-state index in [2.05, 4.69) is 4.90 Å². The number of benzene rings is 1. The Labute approximate surface area is 124 Å². The van der Waals surface area contributed by atoms with Crippen LogP contribution in [0.1, 0.15) is 29.8 Å². The molecule has 2 atom stereocenters. The highest BCUT2D eigenvalue weighted by atomic mass is 16.5. The zero-order valence-corrected chi connectivity index (χ0v) is 12.6. The maximum Gasteiger partial charge on any atom is 0.335 e. The van der Waals surface area contributed by atoms with Gasteiger partial charge in [0.2, 0.25) is 0 Å². The van der Waals surface area contributed by atoms with Crippen molar-refractivity contribution >= 4 is 11.9 Å². The number of aromatic carboxylic acids is 1. The summed E-state index contributed by atoms with van der Waals surface area (Å²) in [5.74, 6) is -0.907. The summed E-state index contributed by atoms with van der Waals surface area (Å²) in [4.78, 5) is 25.1. The third-order valence-corrected chi connectivity index (χ3v) is 4.40. The summed E-state index contributed by atoms with van der Waals surface area (Å²) < 4.78 is 4.91. The summed E-state index contributed by atoms with van der Waals surface area (Å²) in [5, 5.41) is 9.03. The van der Waals surface area contributed by atoms with Crippen molar-refractivity contribution in [2.24, 2.45) is 11.3 Å². The lowest BCUT2D eigenvalue weighted by molar-refractivity contribution is -0.152. The van der Waals surface area contributed by atoms with Crippen molar-refractivity contribution < 1.29 is 19.4 Å². The molecule has 1 heterocycles. The van der Waals surface area contributed by atoms with Gasteiger partial charge < -0.3 is 9.84 Å². The van der Waals surface area contributed by atoms with Crippen LogP contribution in [0.2, 0.25) is 0 Å². The van der Waals surface area contributed by atoms with Crippen LogP contribution in [0.15, 0.2) is 24.3 Å². The SMILES string of the molecule is COC(=O)[C@]1(C)CN(Cc2cccc(C(=O)O)c2)C[C@H]1C. The lowest BCUT2D eigenvalue weighted by Gasteiger charge is -2.25. The summed E-state index contributed by atoms with van der Waals surface area (Å²) in [7, 11) is 1.42. The van der Waals surface area contributed by atoms with Crippen molar-refractivity contribution in [3.05, 3.63) is 35.4 Å². The number of esters is 1. The second-order valence-corrected chi connectivity index (χ2v) is 5.99. The van der Waals surface area contributed by atoms with Gasteiger partial charge in [-0.25, -0.2) is 4.79 Å². The molecule has 0 aromatic heterocycles. The predicted molar refractivity (Wildman–Crippen MR) is 78.0 cm³/mol. The van der Waals surface area contributed by atoms with Gasteiger partial charge in [-0.2, -0.15) is 0 Å². The number of hydrogen-bond donors (Lipinski definition) is 1. The molecule has 0 unspecified atom stereocenters. The standard InChI is InChI=1S/C16H21NO4/c1-11-8-17(10-16(11,2)15(20)21-3)9-12-5-4-6-13(7-12)14(18)19/h4-7,11H,8-10H2,1-3H3,(H,18,19)/t11-,16-/m1/s1. The van der Waals surface area contributed by atoms with Crippen LogP contribution in [0.4, 0.5) is 0 Å². The van der Waals surface area contributed by atoms with E-state index in [0.29, 0.717) is 13.1 Å². The topological polar surface area (TPSA) is 66.8 Å². The number of hydrogen-bond acceptors (Lipinski definition) is 4. The van der Waals surface area contributed by atoms with Crippen LogP contribution >= 0.6 is 0 Å². The molecule has 1 saturated heterocycles. The van der Waals surface area contributed by atoms with Gasteiger partial charge in [0.25, 0.3) is 0 Å². The van der Waals surface area contributed by atoms with Gasteiger partial charge in [0.05, 0.1) is 18.1 Å². The Balaban J connectivity index is 2.10. The van der Waals surface area contributed by atoms with E-state index in [-0.39, 0.29) is 17.5 Å². The number of carboxylic acids is 1. The summed E-state index contributed by atoms with van der Waals surface area (Å²) in [6.45, 7) is 6.03. The van der Waals surface area contributed by atoms with E-state index >= 15 is 0 Å². The molecule has 2 rings (SSSR count). The molecule has 1 aromatic carbocycles. The highest BCUT2D eigenvalue weighted by molar-refractivity contribution is 5.87. The average molecular weight is 291 g/mol. The Kier molecular flexibility index (Phi) is 4.32. The van der Waals surface area contributed by atoms with Crippen LogP contribution in [0.25, 0.3) is 0 Å². The number of rotatable bonds is 4. The van der Waals surface area contributed by atoms with E-state index in [1.165, 1.54) is 7.11 Å². The first-order valence-corrected chi connectivity index (χ1v) is 7.00. The molecule has 0 aliphatic carbocycles. The Hall–Kier alpha value is -1.88. The maximum absolute atomic E-state index is 12.0. The molecule has 1 fully saturated rings. The first-order valence-electron chi connectivity index (χ1n) is 7.00. The Morgan fingerprint density at radius 3 is 2.81 bits per heavy atom. The van der Waals surface area contributed by atoms with Gasteiger partial charge in [-0.1, -0.05) is 19.1 Å². The lowest BCUT2D eigenvalue weighted by Crippen LogP contribution is -2.36. The molecule has 0 bridgehead atoms. The quantitative estimate of drug-likeness (QED) is 0.860. The fourth-order valence-corrected chi connectivity index (χ4v) is 2.95. The summed E-state index contributed by atoms with van der Waals surface area (Å²) in [6, 6.07) is 6.92. The number of likely N-dealkylation sites (tertiary alicyclic amines) is 1. The first-order chi connectivity index (χ1) is 9.86. The van der Waals surface area contributed by atoms with Crippen LogP contribution < -0.4 is 0 Å². The minimum absolute atomic E-state index is 0.184. The second kappa shape index (κ2) is 5.85. The highest BCUT2D eigenvalue weighted by Gasteiger charge is 2.46. The largest absolute Gasteiger partial charge is 0.478 e. The highest BCUT2D eigenvalue weighted by Crippen LogP contribution is 2.37. The first kappa shape index (κ1) is 15.5. The van der Waals surface area contributed by atoms with Gasteiger partial charge in [-0.15, -0.1) is 0 Å². The Morgan fingerprint density at radius 1 is 1.48 bits per heavy atom. The molecule has 0 saturated carbocycles. The van der Waals surface area contributed by atoms with Crippen LogP contribution in [0.3, 0.4) is 0 Å². The van der Waals surface area contributed by atoms with Crippen molar-refractivity contribution in [1.29, 1.82) is 0 Å². The second-order valence-electron chi connectivity index (χ2n) is 5.99. The van der Waals surface area contributed by atoms with Crippen LogP contribution in [0.5, 0.6) is 0 Å². The van der Waals surface area contributed by atoms with E-state index in [0.717, 1.165) is 12.1 Å². The molecule has 1 aromatic rings.